The highest BCUT2D eigenvalue weighted by Crippen LogP contribution is 2.30. The summed E-state index contributed by atoms with van der Waals surface area (Å²) >= 11 is 0. The molecular weight excluding hydrogens is 247 g/mol. The number of carbonyl (C=O) groups excluding carboxylic acids is 1. The smallest absolute Gasteiger partial charge is 0.370 e. The lowest BCUT2D eigenvalue weighted by molar-refractivity contribution is -0.137. The first-order valence-electron chi connectivity index (χ1n) is 5.09. The van der Waals surface area contributed by atoms with Gasteiger partial charge in [-0.15, -0.1) is 0 Å². The lowest BCUT2D eigenvalue weighted by Gasteiger charge is -2.10. The number of nitrogens with two attached hydrogens (primary N) is 2. The Hall–Kier alpha value is -2.05. The predicted molar refractivity (Wildman–Crippen MR) is 61.0 cm³/mol. The third-order valence-electron chi connectivity index (χ3n) is 2.28. The van der Waals surface area contributed by atoms with Crippen molar-refractivity contribution in [1.29, 1.82) is 0 Å². The van der Waals surface area contributed by atoms with Crippen molar-refractivity contribution in [2.45, 2.75) is 19.5 Å². The number of aliphatic imine (C=N–C) groups is 1. The Kier molecular flexibility index (Phi) is 3.95. The highest BCUT2D eigenvalue weighted by atomic mass is 19.4. The van der Waals surface area contributed by atoms with Gasteiger partial charge in [0.15, 0.2) is 5.96 Å². The van der Waals surface area contributed by atoms with E-state index >= 15 is 0 Å². The van der Waals surface area contributed by atoms with E-state index in [0.717, 1.165) is 12.1 Å². The van der Waals surface area contributed by atoms with Crippen LogP contribution in [-0.4, -0.2) is 11.9 Å². The number of alkyl halides is 3. The van der Waals surface area contributed by atoms with Gasteiger partial charge in [-0.2, -0.15) is 18.2 Å². The standard InChI is InChI=1S/C11H12F3N3O/c1-2-6-3-4-7(11(12,13)14)5-8(6)9(18)17-10(15)16/h3-5H,2H2,1H3,(H4,15,16,17,18). The molecular formula is C11H12F3N3O. The molecule has 0 atom stereocenters. The van der Waals surface area contributed by atoms with E-state index in [1.807, 2.05) is 0 Å². The molecule has 7 heteroatoms. The fraction of sp³-hybridized carbons (Fsp3) is 0.273. The van der Waals surface area contributed by atoms with E-state index in [4.69, 9.17) is 11.5 Å². The molecule has 18 heavy (non-hydrogen) atoms. The summed E-state index contributed by atoms with van der Waals surface area (Å²) in [5.74, 6) is -1.36. The van der Waals surface area contributed by atoms with Gasteiger partial charge in [0.1, 0.15) is 0 Å². The van der Waals surface area contributed by atoms with Crippen LogP contribution < -0.4 is 11.5 Å². The van der Waals surface area contributed by atoms with Crippen molar-refractivity contribution >= 4 is 11.9 Å². The van der Waals surface area contributed by atoms with Crippen LogP contribution in [-0.2, 0) is 12.6 Å². The number of hydrogen-bond donors (Lipinski definition) is 2. The van der Waals surface area contributed by atoms with Gasteiger partial charge in [-0.3, -0.25) is 4.79 Å². The lowest BCUT2D eigenvalue weighted by atomic mass is 10.0. The zero-order chi connectivity index (χ0) is 13.9. The zero-order valence-corrected chi connectivity index (χ0v) is 9.58. The van der Waals surface area contributed by atoms with Gasteiger partial charge in [0.2, 0.25) is 0 Å². The van der Waals surface area contributed by atoms with Gasteiger partial charge in [-0.1, -0.05) is 13.0 Å². The van der Waals surface area contributed by atoms with Crippen molar-refractivity contribution in [1.82, 2.24) is 0 Å². The minimum absolute atomic E-state index is 0.138. The van der Waals surface area contributed by atoms with Crippen molar-refractivity contribution in [3.8, 4) is 0 Å². The Bertz CT molecular complexity index is 491. The van der Waals surface area contributed by atoms with Crippen molar-refractivity contribution < 1.29 is 18.0 Å². The minimum Gasteiger partial charge on any atom is -0.370 e. The summed E-state index contributed by atoms with van der Waals surface area (Å²) in [6.45, 7) is 1.72. The van der Waals surface area contributed by atoms with Gasteiger partial charge in [0.25, 0.3) is 5.91 Å². The maximum Gasteiger partial charge on any atom is 0.416 e. The molecule has 4 nitrogen and oxygen atoms in total. The molecule has 1 amide bonds. The zero-order valence-electron chi connectivity index (χ0n) is 9.58. The molecule has 0 saturated carbocycles. The normalized spacial score (nSPS) is 11.1. The first kappa shape index (κ1) is 14.0. The summed E-state index contributed by atoms with van der Waals surface area (Å²) in [4.78, 5) is 14.8. The largest absolute Gasteiger partial charge is 0.416 e. The van der Waals surface area contributed by atoms with E-state index in [-0.39, 0.29) is 5.56 Å². The average Bonchev–Trinajstić information content (AvgIpc) is 2.26. The number of halogens is 3. The topological polar surface area (TPSA) is 81.5 Å². The molecule has 0 unspecified atom stereocenters. The van der Waals surface area contributed by atoms with E-state index in [1.54, 1.807) is 6.92 Å². The summed E-state index contributed by atoms with van der Waals surface area (Å²) < 4.78 is 37.6. The van der Waals surface area contributed by atoms with Gasteiger partial charge >= 0.3 is 6.18 Å². The number of aryl methyl sites for hydroxylation is 1. The molecule has 1 aromatic carbocycles. The van der Waals surface area contributed by atoms with Crippen LogP contribution in [0, 0.1) is 0 Å². The number of guanidine groups is 1. The Morgan fingerprint density at radius 2 is 1.94 bits per heavy atom. The molecule has 0 radical (unpaired) electrons. The predicted octanol–water partition coefficient (Wildman–Crippen LogP) is 1.68. The molecule has 0 fully saturated rings. The molecule has 0 spiro atoms. The van der Waals surface area contributed by atoms with Gasteiger partial charge in [0, 0.05) is 5.56 Å². The molecule has 98 valence electrons. The number of hydrogen-bond acceptors (Lipinski definition) is 1. The molecule has 0 aliphatic heterocycles. The van der Waals surface area contributed by atoms with Crippen molar-refractivity contribution in [2.75, 3.05) is 0 Å². The second-order valence-corrected chi connectivity index (χ2v) is 3.57. The second kappa shape index (κ2) is 5.07. The van der Waals surface area contributed by atoms with Crippen molar-refractivity contribution in [2.24, 2.45) is 16.5 Å². The first-order chi connectivity index (χ1) is 8.25. The maximum atomic E-state index is 12.5. The molecule has 0 aliphatic rings. The Balaban J connectivity index is 3.31. The highest BCUT2D eigenvalue weighted by Gasteiger charge is 2.31. The summed E-state index contributed by atoms with van der Waals surface area (Å²) in [5, 5.41) is 0. The summed E-state index contributed by atoms with van der Waals surface area (Å²) in [6, 6.07) is 2.93. The summed E-state index contributed by atoms with van der Waals surface area (Å²) in [6.07, 6.45) is -4.11. The monoisotopic (exact) mass is 259 g/mol. The van der Waals surface area contributed by atoms with E-state index in [1.165, 1.54) is 6.07 Å². The number of benzene rings is 1. The van der Waals surface area contributed by atoms with Crippen LogP contribution in [0.5, 0.6) is 0 Å². The number of rotatable bonds is 2. The number of amides is 1. The van der Waals surface area contributed by atoms with Crippen LogP contribution in [0.15, 0.2) is 23.2 Å². The Labute approximate surface area is 101 Å². The van der Waals surface area contributed by atoms with E-state index < -0.39 is 23.6 Å². The van der Waals surface area contributed by atoms with Gasteiger partial charge in [-0.25, -0.2) is 0 Å². The Morgan fingerprint density at radius 3 is 2.39 bits per heavy atom. The van der Waals surface area contributed by atoms with Crippen LogP contribution in [0.25, 0.3) is 0 Å². The SMILES string of the molecule is CCc1ccc(C(F)(F)F)cc1C(=O)N=C(N)N. The molecule has 1 aromatic rings. The fourth-order valence-corrected chi connectivity index (χ4v) is 1.44. The van der Waals surface area contributed by atoms with Crippen LogP contribution in [0.3, 0.4) is 0 Å². The number of nitrogens with zero attached hydrogens (tertiary/aromatic N) is 1. The van der Waals surface area contributed by atoms with Gasteiger partial charge < -0.3 is 11.5 Å². The van der Waals surface area contributed by atoms with Crippen molar-refractivity contribution in [3.05, 3.63) is 34.9 Å². The van der Waals surface area contributed by atoms with E-state index in [9.17, 15) is 18.0 Å². The minimum atomic E-state index is -4.51. The molecule has 0 aromatic heterocycles. The van der Waals surface area contributed by atoms with E-state index in [2.05, 4.69) is 4.99 Å². The van der Waals surface area contributed by atoms with Gasteiger partial charge in [0.05, 0.1) is 5.56 Å². The maximum absolute atomic E-state index is 12.5. The van der Waals surface area contributed by atoms with Crippen molar-refractivity contribution in [3.63, 3.8) is 0 Å². The van der Waals surface area contributed by atoms with E-state index in [0.29, 0.717) is 12.0 Å². The third-order valence-corrected chi connectivity index (χ3v) is 2.28. The average molecular weight is 259 g/mol. The summed E-state index contributed by atoms with van der Waals surface area (Å²) in [7, 11) is 0. The molecule has 0 saturated heterocycles. The van der Waals surface area contributed by atoms with Crippen LogP contribution in [0.2, 0.25) is 0 Å². The third kappa shape index (κ3) is 3.22. The molecule has 1 rings (SSSR count). The van der Waals surface area contributed by atoms with Crippen LogP contribution in [0.1, 0.15) is 28.4 Å². The van der Waals surface area contributed by atoms with Crippen LogP contribution >= 0.6 is 0 Å². The Morgan fingerprint density at radius 1 is 1.33 bits per heavy atom. The van der Waals surface area contributed by atoms with Gasteiger partial charge in [-0.05, 0) is 24.1 Å². The molecule has 0 aliphatic carbocycles. The quantitative estimate of drug-likeness (QED) is 0.626. The fourth-order valence-electron chi connectivity index (χ4n) is 1.44. The van der Waals surface area contributed by atoms with Crippen LogP contribution in [0.4, 0.5) is 13.2 Å². The summed E-state index contributed by atoms with van der Waals surface area (Å²) in [5.41, 5.74) is 9.47. The second-order valence-electron chi connectivity index (χ2n) is 3.57. The first-order valence-corrected chi connectivity index (χ1v) is 5.09. The number of carbonyl (C=O) groups is 1. The molecule has 0 heterocycles. The molecule has 4 N–H and O–H groups in total. The highest BCUT2D eigenvalue weighted by molar-refractivity contribution is 6.02. The molecule has 0 bridgehead atoms. The lowest BCUT2D eigenvalue weighted by Crippen LogP contribution is -2.24.